The molecule has 100 valence electrons. The van der Waals surface area contributed by atoms with Crippen molar-refractivity contribution < 1.29 is 9.47 Å². The minimum atomic E-state index is -0.187. The van der Waals surface area contributed by atoms with Gasteiger partial charge in [0.05, 0.1) is 12.7 Å². The van der Waals surface area contributed by atoms with Gasteiger partial charge in [0.1, 0.15) is 5.60 Å². The highest BCUT2D eigenvalue weighted by atomic mass is 16.6. The Morgan fingerprint density at radius 1 is 1.29 bits per heavy atom. The Bertz CT molecular complexity index is 226. The molecular weight excluding hydrogens is 214 g/mol. The molecule has 0 aromatic carbocycles. The third-order valence-corrected chi connectivity index (χ3v) is 4.42. The van der Waals surface area contributed by atoms with Gasteiger partial charge in [-0.15, -0.1) is 0 Å². The van der Waals surface area contributed by atoms with Crippen molar-refractivity contribution in [3.63, 3.8) is 0 Å². The Labute approximate surface area is 105 Å². The van der Waals surface area contributed by atoms with Crippen LogP contribution in [0.5, 0.6) is 0 Å². The summed E-state index contributed by atoms with van der Waals surface area (Å²) in [5.41, 5.74) is 5.75. The molecule has 0 aromatic heterocycles. The molecule has 1 saturated heterocycles. The summed E-state index contributed by atoms with van der Waals surface area (Å²) in [5.74, 6) is 0.731. The number of hydrogen-bond donors (Lipinski definition) is 1. The van der Waals surface area contributed by atoms with E-state index in [1.807, 2.05) is 0 Å². The summed E-state index contributed by atoms with van der Waals surface area (Å²) in [5, 5.41) is 0. The molecule has 0 bridgehead atoms. The van der Waals surface area contributed by atoms with Gasteiger partial charge in [0.2, 0.25) is 0 Å². The van der Waals surface area contributed by atoms with E-state index in [2.05, 4.69) is 6.92 Å². The summed E-state index contributed by atoms with van der Waals surface area (Å²) in [6.07, 6.45) is 9.00. The first-order valence-corrected chi connectivity index (χ1v) is 7.25. The van der Waals surface area contributed by atoms with Crippen molar-refractivity contribution in [2.45, 2.75) is 63.6 Å². The number of hydrogen-bond acceptors (Lipinski definition) is 3. The van der Waals surface area contributed by atoms with Gasteiger partial charge in [-0.25, -0.2) is 0 Å². The predicted molar refractivity (Wildman–Crippen MR) is 69.0 cm³/mol. The Hall–Kier alpha value is -0.120. The van der Waals surface area contributed by atoms with Gasteiger partial charge in [0.25, 0.3) is 0 Å². The molecule has 3 heteroatoms. The summed E-state index contributed by atoms with van der Waals surface area (Å²) in [6, 6.07) is 0. The highest BCUT2D eigenvalue weighted by Crippen LogP contribution is 2.34. The molecule has 0 amide bonds. The molecule has 0 aromatic rings. The Balaban J connectivity index is 1.96. The second-order valence-electron chi connectivity index (χ2n) is 5.65. The van der Waals surface area contributed by atoms with Gasteiger partial charge >= 0.3 is 0 Å². The van der Waals surface area contributed by atoms with E-state index in [1.165, 1.54) is 32.1 Å². The van der Waals surface area contributed by atoms with Crippen LogP contribution in [0.15, 0.2) is 0 Å². The molecule has 3 nitrogen and oxygen atoms in total. The molecule has 0 spiro atoms. The lowest BCUT2D eigenvalue weighted by Gasteiger charge is -2.42. The van der Waals surface area contributed by atoms with E-state index in [-0.39, 0.29) is 5.60 Å². The lowest BCUT2D eigenvalue weighted by Crippen LogP contribution is -2.51. The van der Waals surface area contributed by atoms with E-state index in [4.69, 9.17) is 15.2 Å². The van der Waals surface area contributed by atoms with E-state index in [0.29, 0.717) is 19.3 Å². The molecule has 0 radical (unpaired) electrons. The second-order valence-corrected chi connectivity index (χ2v) is 5.65. The maximum absolute atomic E-state index is 6.42. The third kappa shape index (κ3) is 3.21. The molecule has 2 fully saturated rings. The van der Waals surface area contributed by atoms with Crippen LogP contribution in [0, 0.1) is 5.92 Å². The maximum atomic E-state index is 6.42. The molecular formula is C14H27NO2. The number of nitrogens with two attached hydrogens (primary N) is 1. The van der Waals surface area contributed by atoms with Gasteiger partial charge in [-0.05, 0) is 31.6 Å². The fraction of sp³-hybridized carbons (Fsp3) is 1.00. The molecule has 2 N–H and O–H groups in total. The van der Waals surface area contributed by atoms with Crippen molar-refractivity contribution in [3.8, 4) is 0 Å². The zero-order chi connectivity index (χ0) is 12.1. The highest BCUT2D eigenvalue weighted by molar-refractivity contribution is 4.88. The Morgan fingerprint density at radius 2 is 2.12 bits per heavy atom. The first-order valence-electron chi connectivity index (χ1n) is 7.25. The van der Waals surface area contributed by atoms with E-state index in [9.17, 15) is 0 Å². The van der Waals surface area contributed by atoms with Crippen LogP contribution in [0.3, 0.4) is 0 Å². The average Bonchev–Trinajstić information content (AvgIpc) is 2.40. The largest absolute Gasteiger partial charge is 0.378 e. The maximum Gasteiger partial charge on any atom is 0.104 e. The molecule has 3 unspecified atom stereocenters. The normalized spacial score (nSPS) is 39.2. The molecule has 1 aliphatic heterocycles. The van der Waals surface area contributed by atoms with Gasteiger partial charge in [-0.1, -0.05) is 26.2 Å². The van der Waals surface area contributed by atoms with Crippen molar-refractivity contribution >= 4 is 0 Å². The van der Waals surface area contributed by atoms with E-state index in [0.717, 1.165) is 25.4 Å². The van der Waals surface area contributed by atoms with Crippen LogP contribution in [0.4, 0.5) is 0 Å². The first-order chi connectivity index (χ1) is 8.29. The van der Waals surface area contributed by atoms with E-state index < -0.39 is 0 Å². The van der Waals surface area contributed by atoms with Crippen molar-refractivity contribution in [2.75, 3.05) is 19.8 Å². The van der Waals surface area contributed by atoms with E-state index >= 15 is 0 Å². The minimum Gasteiger partial charge on any atom is -0.378 e. The van der Waals surface area contributed by atoms with Gasteiger partial charge in [-0.3, -0.25) is 0 Å². The zero-order valence-electron chi connectivity index (χ0n) is 11.1. The van der Waals surface area contributed by atoms with Gasteiger partial charge in [-0.2, -0.15) is 0 Å². The highest BCUT2D eigenvalue weighted by Gasteiger charge is 2.37. The SMILES string of the molecule is CCC1CCCCC1OC1(CN)CCCOC1. The standard InChI is InChI=1S/C14H27NO2/c1-2-12-6-3-4-7-13(12)17-14(10-15)8-5-9-16-11-14/h12-13H,2-11,15H2,1H3. The van der Waals surface area contributed by atoms with Crippen LogP contribution in [-0.4, -0.2) is 31.5 Å². The fourth-order valence-corrected chi connectivity index (χ4v) is 3.25. The Morgan fingerprint density at radius 3 is 2.76 bits per heavy atom. The summed E-state index contributed by atoms with van der Waals surface area (Å²) < 4.78 is 12.0. The van der Waals surface area contributed by atoms with Crippen molar-refractivity contribution in [1.82, 2.24) is 0 Å². The third-order valence-electron chi connectivity index (χ3n) is 4.42. The van der Waals surface area contributed by atoms with Crippen molar-refractivity contribution in [2.24, 2.45) is 11.7 Å². The van der Waals surface area contributed by atoms with Crippen LogP contribution < -0.4 is 5.73 Å². The smallest absolute Gasteiger partial charge is 0.104 e. The number of rotatable bonds is 4. The van der Waals surface area contributed by atoms with Crippen LogP contribution in [0.25, 0.3) is 0 Å². The summed E-state index contributed by atoms with van der Waals surface area (Å²) >= 11 is 0. The molecule has 17 heavy (non-hydrogen) atoms. The van der Waals surface area contributed by atoms with Crippen molar-refractivity contribution in [1.29, 1.82) is 0 Å². The van der Waals surface area contributed by atoms with Gasteiger partial charge < -0.3 is 15.2 Å². The molecule has 3 atom stereocenters. The van der Waals surface area contributed by atoms with Gasteiger partial charge in [0, 0.05) is 13.2 Å². The summed E-state index contributed by atoms with van der Waals surface area (Å²) in [4.78, 5) is 0. The van der Waals surface area contributed by atoms with Crippen LogP contribution in [0.1, 0.15) is 51.9 Å². The van der Waals surface area contributed by atoms with Crippen molar-refractivity contribution in [3.05, 3.63) is 0 Å². The van der Waals surface area contributed by atoms with Gasteiger partial charge in [0.15, 0.2) is 0 Å². The fourth-order valence-electron chi connectivity index (χ4n) is 3.25. The lowest BCUT2D eigenvalue weighted by molar-refractivity contribution is -0.172. The van der Waals surface area contributed by atoms with E-state index in [1.54, 1.807) is 0 Å². The average molecular weight is 241 g/mol. The summed E-state index contributed by atoms with van der Waals surface area (Å²) in [7, 11) is 0. The van der Waals surface area contributed by atoms with Crippen LogP contribution >= 0.6 is 0 Å². The summed E-state index contributed by atoms with van der Waals surface area (Å²) in [6.45, 7) is 4.43. The Kier molecular flexibility index (Phi) is 4.83. The quantitative estimate of drug-likeness (QED) is 0.822. The molecule has 1 saturated carbocycles. The molecule has 2 rings (SSSR count). The molecule has 2 aliphatic rings. The predicted octanol–water partition coefficient (Wildman–Crippen LogP) is 2.48. The van der Waals surface area contributed by atoms with Crippen LogP contribution in [0.2, 0.25) is 0 Å². The second kappa shape index (κ2) is 6.17. The zero-order valence-corrected chi connectivity index (χ0v) is 11.1. The molecule has 1 aliphatic carbocycles. The topological polar surface area (TPSA) is 44.5 Å². The minimum absolute atomic E-state index is 0.187. The van der Waals surface area contributed by atoms with Crippen LogP contribution in [-0.2, 0) is 9.47 Å². The number of ether oxygens (including phenoxy) is 2. The first kappa shape index (κ1) is 13.3. The molecule has 1 heterocycles. The monoisotopic (exact) mass is 241 g/mol. The lowest BCUT2D eigenvalue weighted by atomic mass is 9.83.